The molecule has 1 saturated heterocycles. The van der Waals surface area contributed by atoms with E-state index in [4.69, 9.17) is 9.51 Å². The zero-order chi connectivity index (χ0) is 22.8. The summed E-state index contributed by atoms with van der Waals surface area (Å²) < 4.78 is 19.6. The molecule has 0 spiro atoms. The summed E-state index contributed by atoms with van der Waals surface area (Å²) in [4.78, 5) is 26.2. The van der Waals surface area contributed by atoms with E-state index in [0.717, 1.165) is 35.4 Å². The van der Waals surface area contributed by atoms with Gasteiger partial charge in [-0.05, 0) is 44.7 Å². The van der Waals surface area contributed by atoms with Crippen molar-refractivity contribution in [3.8, 4) is 11.3 Å². The summed E-state index contributed by atoms with van der Waals surface area (Å²) in [7, 11) is 3.77. The third-order valence-corrected chi connectivity index (χ3v) is 6.06. The minimum atomic E-state index is -0.275. The maximum Gasteiger partial charge on any atom is 0.225 e. The highest BCUT2D eigenvalue weighted by Gasteiger charge is 2.34. The van der Waals surface area contributed by atoms with Crippen LogP contribution in [0.15, 0.2) is 35.0 Å². The number of hydrogen-bond acceptors (Lipinski definition) is 6. The molecule has 7 nitrogen and oxygen atoms in total. The number of likely N-dealkylation sites (tertiary alicyclic amines) is 1. The van der Waals surface area contributed by atoms with Crippen molar-refractivity contribution >= 4 is 11.9 Å². The molecule has 3 heterocycles. The van der Waals surface area contributed by atoms with Crippen LogP contribution in [0.25, 0.3) is 11.3 Å². The quantitative estimate of drug-likeness (QED) is 0.574. The fourth-order valence-corrected chi connectivity index (χ4v) is 4.13. The lowest BCUT2D eigenvalue weighted by atomic mass is 10.0. The summed E-state index contributed by atoms with van der Waals surface area (Å²) in [5, 5.41) is 4.09. The zero-order valence-corrected chi connectivity index (χ0v) is 18.9. The average molecular weight is 438 g/mol. The fraction of sp³-hybridized carbons (Fsp3) is 0.417. The van der Waals surface area contributed by atoms with E-state index in [0.29, 0.717) is 30.2 Å². The second-order valence-corrected chi connectivity index (χ2v) is 8.42. The summed E-state index contributed by atoms with van der Waals surface area (Å²) in [5.41, 5.74) is 3.82. The normalized spacial score (nSPS) is 15.9. The molecule has 1 aliphatic rings. The molecular weight excluding hydrogens is 409 g/mol. The molecule has 4 rings (SSSR count). The van der Waals surface area contributed by atoms with Crippen LogP contribution >= 0.6 is 0 Å². The number of anilines is 1. The molecule has 0 bridgehead atoms. The van der Waals surface area contributed by atoms with Crippen molar-refractivity contribution in [1.82, 2.24) is 20.0 Å². The van der Waals surface area contributed by atoms with Gasteiger partial charge in [0.05, 0.1) is 23.0 Å². The van der Waals surface area contributed by atoms with Crippen LogP contribution in [0.3, 0.4) is 0 Å². The zero-order valence-electron chi connectivity index (χ0n) is 18.9. The first-order chi connectivity index (χ1) is 15.4. The number of carbonyl (C=O) groups excluding carboxylic acids is 1. The monoisotopic (exact) mass is 437 g/mol. The number of aryl methyl sites for hydroxylation is 2. The average Bonchev–Trinajstić information content (AvgIpc) is 3.40. The molecule has 168 valence electrons. The molecule has 8 heteroatoms. The van der Waals surface area contributed by atoms with Crippen molar-refractivity contribution < 1.29 is 13.7 Å². The van der Waals surface area contributed by atoms with Crippen LogP contribution in [0.4, 0.5) is 10.3 Å². The van der Waals surface area contributed by atoms with Crippen LogP contribution in [0.5, 0.6) is 0 Å². The van der Waals surface area contributed by atoms with E-state index in [9.17, 15) is 9.18 Å². The first-order valence-corrected chi connectivity index (χ1v) is 10.9. The van der Waals surface area contributed by atoms with E-state index in [2.05, 4.69) is 10.1 Å². The summed E-state index contributed by atoms with van der Waals surface area (Å²) in [6.07, 6.45) is 4.05. The van der Waals surface area contributed by atoms with E-state index < -0.39 is 0 Å². The molecule has 0 unspecified atom stereocenters. The smallest absolute Gasteiger partial charge is 0.225 e. The van der Waals surface area contributed by atoms with Crippen molar-refractivity contribution in [2.75, 3.05) is 25.5 Å². The lowest BCUT2D eigenvalue weighted by Gasteiger charge is -2.26. The second kappa shape index (κ2) is 9.06. The molecular formula is C24H28FN5O2. The number of hydrogen-bond donors (Lipinski definition) is 0. The van der Waals surface area contributed by atoms with Crippen LogP contribution < -0.4 is 4.90 Å². The van der Waals surface area contributed by atoms with Gasteiger partial charge >= 0.3 is 0 Å². The summed E-state index contributed by atoms with van der Waals surface area (Å²) in [5.74, 6) is 0.928. The van der Waals surface area contributed by atoms with Gasteiger partial charge in [-0.15, -0.1) is 0 Å². The van der Waals surface area contributed by atoms with Gasteiger partial charge in [0.2, 0.25) is 11.9 Å². The van der Waals surface area contributed by atoms with Gasteiger partial charge in [0.1, 0.15) is 5.82 Å². The van der Waals surface area contributed by atoms with Gasteiger partial charge in [-0.1, -0.05) is 23.4 Å². The lowest BCUT2D eigenvalue weighted by molar-refractivity contribution is -0.132. The number of amides is 1. The van der Waals surface area contributed by atoms with Gasteiger partial charge in [0, 0.05) is 38.8 Å². The predicted octanol–water partition coefficient (Wildman–Crippen LogP) is 4.25. The first-order valence-electron chi connectivity index (χ1n) is 10.9. The van der Waals surface area contributed by atoms with Crippen LogP contribution in [0, 0.1) is 19.7 Å². The molecule has 0 aliphatic carbocycles. The Morgan fingerprint density at radius 1 is 1.28 bits per heavy atom. The van der Waals surface area contributed by atoms with Crippen molar-refractivity contribution in [1.29, 1.82) is 0 Å². The van der Waals surface area contributed by atoms with E-state index in [1.807, 2.05) is 37.7 Å². The molecule has 1 amide bonds. The molecule has 0 N–H and O–H groups in total. The number of benzene rings is 1. The highest BCUT2D eigenvalue weighted by molar-refractivity contribution is 5.78. The topological polar surface area (TPSA) is 75.4 Å². The Hall–Kier alpha value is -3.29. The summed E-state index contributed by atoms with van der Waals surface area (Å²) in [6.45, 7) is 4.50. The molecule has 2 aromatic heterocycles. The highest BCUT2D eigenvalue weighted by Crippen LogP contribution is 2.38. The van der Waals surface area contributed by atoms with Gasteiger partial charge in [-0.3, -0.25) is 4.79 Å². The van der Waals surface area contributed by atoms with Gasteiger partial charge in [0.15, 0.2) is 5.76 Å². The summed E-state index contributed by atoms with van der Waals surface area (Å²) in [6, 6.07) is 6.41. The molecule has 0 radical (unpaired) electrons. The Kier molecular flexibility index (Phi) is 6.21. The molecule has 3 aromatic rings. The Balaban J connectivity index is 1.65. The van der Waals surface area contributed by atoms with Crippen LogP contribution in [0.1, 0.15) is 47.8 Å². The number of halogens is 1. The number of carbonyl (C=O) groups is 1. The van der Waals surface area contributed by atoms with Crippen molar-refractivity contribution in [2.24, 2.45) is 0 Å². The Bertz CT molecular complexity index is 1130. The Morgan fingerprint density at radius 3 is 2.75 bits per heavy atom. The molecule has 1 aromatic carbocycles. The fourth-order valence-electron chi connectivity index (χ4n) is 4.13. The van der Waals surface area contributed by atoms with E-state index in [1.54, 1.807) is 24.4 Å². The Morgan fingerprint density at radius 2 is 2.06 bits per heavy atom. The lowest BCUT2D eigenvalue weighted by Crippen LogP contribution is -2.32. The minimum absolute atomic E-state index is 0.00260. The maximum atomic E-state index is 14.0. The van der Waals surface area contributed by atoms with Gasteiger partial charge in [-0.25, -0.2) is 14.4 Å². The number of aromatic nitrogens is 3. The minimum Gasteiger partial charge on any atom is -0.356 e. The number of rotatable bonds is 6. The molecule has 1 fully saturated rings. The Labute approximate surface area is 187 Å². The van der Waals surface area contributed by atoms with Crippen LogP contribution in [-0.4, -0.2) is 46.6 Å². The van der Waals surface area contributed by atoms with Crippen LogP contribution in [-0.2, 0) is 11.2 Å². The SMILES string of the molecule is Cc1noc(-c2cnc(N(C)C)nc2[C@H]2CCCN2C(=O)CCc2ccccc2F)c1C. The van der Waals surface area contributed by atoms with Gasteiger partial charge in [0.25, 0.3) is 0 Å². The predicted molar refractivity (Wildman–Crippen MR) is 120 cm³/mol. The third kappa shape index (κ3) is 4.22. The van der Waals surface area contributed by atoms with Crippen molar-refractivity contribution in [3.05, 3.63) is 58.8 Å². The van der Waals surface area contributed by atoms with Gasteiger partial charge in [-0.2, -0.15) is 0 Å². The van der Waals surface area contributed by atoms with Crippen LogP contribution in [0.2, 0.25) is 0 Å². The second-order valence-electron chi connectivity index (χ2n) is 8.42. The van der Waals surface area contributed by atoms with Gasteiger partial charge < -0.3 is 14.3 Å². The van der Waals surface area contributed by atoms with Crippen molar-refractivity contribution in [2.45, 2.75) is 45.6 Å². The first kappa shape index (κ1) is 21.9. The number of nitrogens with zero attached hydrogens (tertiary/aromatic N) is 5. The highest BCUT2D eigenvalue weighted by atomic mass is 19.1. The largest absolute Gasteiger partial charge is 0.356 e. The molecule has 1 aliphatic heterocycles. The summed E-state index contributed by atoms with van der Waals surface area (Å²) >= 11 is 0. The molecule has 1 atom stereocenters. The van der Waals surface area contributed by atoms with E-state index in [-0.39, 0.29) is 24.2 Å². The molecule has 32 heavy (non-hydrogen) atoms. The molecule has 0 saturated carbocycles. The standard InChI is InChI=1S/C24H28FN5O2/c1-15-16(2)28-32-23(15)18-14-26-24(29(3)4)27-22(18)20-10-7-13-30(20)21(31)12-11-17-8-5-6-9-19(17)25/h5-6,8-9,14,20H,7,10-13H2,1-4H3/t20-/m1/s1. The van der Waals surface area contributed by atoms with E-state index >= 15 is 0 Å². The van der Waals surface area contributed by atoms with Crippen molar-refractivity contribution in [3.63, 3.8) is 0 Å². The third-order valence-electron chi connectivity index (χ3n) is 6.06. The van der Waals surface area contributed by atoms with E-state index in [1.165, 1.54) is 6.07 Å². The maximum absolute atomic E-state index is 14.0.